The number of aryl methyl sites for hydroxylation is 1. The van der Waals surface area contributed by atoms with Gasteiger partial charge in [-0.15, -0.1) is 0 Å². The van der Waals surface area contributed by atoms with Gasteiger partial charge in [-0.1, -0.05) is 13.3 Å². The summed E-state index contributed by atoms with van der Waals surface area (Å²) in [7, 11) is 0. The number of hydrogen-bond acceptors (Lipinski definition) is 2. The lowest BCUT2D eigenvalue weighted by Crippen LogP contribution is -2.17. The van der Waals surface area contributed by atoms with Gasteiger partial charge in [0.2, 0.25) is 0 Å². The molecule has 1 aromatic rings. The van der Waals surface area contributed by atoms with Crippen LogP contribution in [0.3, 0.4) is 0 Å². The molecular weight excluding hydrogens is 226 g/mol. The average Bonchev–Trinajstić information content (AvgIpc) is 2.31. The maximum atomic E-state index is 13.1. The Bertz CT molecular complexity index is 367. The first-order valence-corrected chi connectivity index (χ1v) is 5.83. The molecule has 0 aliphatic rings. The average molecular weight is 244 g/mol. The Hall–Kier alpha value is -1.16. The van der Waals surface area contributed by atoms with Crippen LogP contribution in [0, 0.1) is 11.6 Å². The van der Waals surface area contributed by atoms with Crippen LogP contribution in [-0.4, -0.2) is 17.8 Å². The Labute approximate surface area is 100 Å². The van der Waals surface area contributed by atoms with E-state index in [1.54, 1.807) is 6.92 Å². The third-order valence-corrected chi connectivity index (χ3v) is 2.49. The number of unbranched alkanes of at least 4 members (excludes halogenated alkanes) is 1. The third-order valence-electron chi connectivity index (χ3n) is 2.49. The number of aliphatic hydroxyl groups is 1. The predicted octanol–water partition coefficient (Wildman–Crippen LogP) is 3.07. The van der Waals surface area contributed by atoms with Crippen LogP contribution in [0.4, 0.5) is 8.78 Å². The molecule has 0 amide bonds. The highest BCUT2D eigenvalue weighted by Crippen LogP contribution is 2.25. The van der Waals surface area contributed by atoms with Crippen molar-refractivity contribution in [3.63, 3.8) is 0 Å². The molecule has 17 heavy (non-hydrogen) atoms. The molecule has 0 aliphatic heterocycles. The quantitative estimate of drug-likeness (QED) is 0.833. The summed E-state index contributed by atoms with van der Waals surface area (Å²) in [4.78, 5) is 0. The molecule has 0 radical (unpaired) electrons. The highest BCUT2D eigenvalue weighted by atomic mass is 19.2. The van der Waals surface area contributed by atoms with Crippen molar-refractivity contribution >= 4 is 0 Å². The van der Waals surface area contributed by atoms with Crippen LogP contribution in [0.1, 0.15) is 32.3 Å². The van der Waals surface area contributed by atoms with Crippen molar-refractivity contribution in [2.45, 2.75) is 39.2 Å². The topological polar surface area (TPSA) is 29.5 Å². The van der Waals surface area contributed by atoms with E-state index in [1.165, 1.54) is 6.07 Å². The van der Waals surface area contributed by atoms with Gasteiger partial charge < -0.3 is 9.84 Å². The van der Waals surface area contributed by atoms with Gasteiger partial charge in [-0.25, -0.2) is 8.78 Å². The van der Waals surface area contributed by atoms with Crippen molar-refractivity contribution in [3.8, 4) is 5.75 Å². The van der Waals surface area contributed by atoms with Crippen LogP contribution in [-0.2, 0) is 6.42 Å². The standard InChI is InChI=1S/C13H18F2O2/c1-3-4-5-10-6-11(14)12(15)7-13(10)17-9(2)8-16/h6-7,9,16H,3-5,8H2,1-2H3. The van der Waals surface area contributed by atoms with E-state index in [9.17, 15) is 8.78 Å². The van der Waals surface area contributed by atoms with Gasteiger partial charge in [0.1, 0.15) is 11.9 Å². The molecule has 1 rings (SSSR count). The smallest absolute Gasteiger partial charge is 0.162 e. The highest BCUT2D eigenvalue weighted by molar-refractivity contribution is 5.35. The summed E-state index contributed by atoms with van der Waals surface area (Å²) in [6.45, 7) is 3.54. The second-order valence-electron chi connectivity index (χ2n) is 4.09. The molecule has 0 saturated carbocycles. The Balaban J connectivity index is 2.94. The summed E-state index contributed by atoms with van der Waals surface area (Å²) in [5.74, 6) is -1.47. The van der Waals surface area contributed by atoms with E-state index in [-0.39, 0.29) is 6.61 Å². The monoisotopic (exact) mass is 244 g/mol. The van der Waals surface area contributed by atoms with Crippen LogP contribution < -0.4 is 4.74 Å². The Morgan fingerprint density at radius 1 is 1.29 bits per heavy atom. The van der Waals surface area contributed by atoms with Crippen molar-refractivity contribution in [1.82, 2.24) is 0 Å². The summed E-state index contributed by atoms with van der Waals surface area (Å²) in [5, 5.41) is 8.89. The predicted molar refractivity (Wildman–Crippen MR) is 62.1 cm³/mol. The fourth-order valence-electron chi connectivity index (χ4n) is 1.50. The fraction of sp³-hybridized carbons (Fsp3) is 0.538. The van der Waals surface area contributed by atoms with Crippen molar-refractivity contribution in [3.05, 3.63) is 29.3 Å². The zero-order valence-corrected chi connectivity index (χ0v) is 10.2. The second kappa shape index (κ2) is 6.55. The van der Waals surface area contributed by atoms with E-state index in [1.807, 2.05) is 6.92 Å². The van der Waals surface area contributed by atoms with Crippen molar-refractivity contribution < 1.29 is 18.6 Å². The molecule has 0 fully saturated rings. The minimum atomic E-state index is -0.926. The summed E-state index contributed by atoms with van der Waals surface area (Å²) in [6.07, 6.45) is 2.06. The lowest BCUT2D eigenvalue weighted by atomic mass is 10.1. The van der Waals surface area contributed by atoms with Gasteiger partial charge in [-0.05, 0) is 31.4 Å². The van der Waals surface area contributed by atoms with Gasteiger partial charge in [0.05, 0.1) is 6.61 Å². The molecular formula is C13H18F2O2. The molecule has 0 spiro atoms. The van der Waals surface area contributed by atoms with E-state index in [0.29, 0.717) is 17.7 Å². The van der Waals surface area contributed by atoms with Crippen molar-refractivity contribution in [2.75, 3.05) is 6.61 Å². The van der Waals surface area contributed by atoms with Gasteiger partial charge in [0.25, 0.3) is 0 Å². The van der Waals surface area contributed by atoms with Gasteiger partial charge >= 0.3 is 0 Å². The Morgan fingerprint density at radius 3 is 2.53 bits per heavy atom. The van der Waals surface area contributed by atoms with Gasteiger partial charge in [-0.3, -0.25) is 0 Å². The van der Waals surface area contributed by atoms with E-state index in [2.05, 4.69) is 0 Å². The number of hydrogen-bond donors (Lipinski definition) is 1. The van der Waals surface area contributed by atoms with Crippen molar-refractivity contribution in [2.24, 2.45) is 0 Å². The maximum Gasteiger partial charge on any atom is 0.162 e. The second-order valence-corrected chi connectivity index (χ2v) is 4.09. The van der Waals surface area contributed by atoms with Gasteiger partial charge in [0.15, 0.2) is 11.6 Å². The molecule has 0 heterocycles. The first kappa shape index (κ1) is 13.9. The zero-order chi connectivity index (χ0) is 12.8. The number of rotatable bonds is 6. The molecule has 1 N–H and O–H groups in total. The molecule has 96 valence electrons. The third kappa shape index (κ3) is 3.97. The van der Waals surface area contributed by atoms with E-state index in [0.717, 1.165) is 18.9 Å². The van der Waals surface area contributed by atoms with Gasteiger partial charge in [-0.2, -0.15) is 0 Å². The van der Waals surface area contributed by atoms with Crippen LogP contribution in [0.5, 0.6) is 5.75 Å². The highest BCUT2D eigenvalue weighted by Gasteiger charge is 2.12. The molecule has 1 atom stereocenters. The maximum absolute atomic E-state index is 13.1. The van der Waals surface area contributed by atoms with Crippen LogP contribution in [0.15, 0.2) is 12.1 Å². The lowest BCUT2D eigenvalue weighted by Gasteiger charge is -2.16. The molecule has 0 aliphatic carbocycles. The summed E-state index contributed by atoms with van der Waals surface area (Å²) in [5.41, 5.74) is 0.644. The molecule has 1 aromatic carbocycles. The SMILES string of the molecule is CCCCc1cc(F)c(F)cc1OC(C)CO. The molecule has 4 heteroatoms. The molecule has 1 unspecified atom stereocenters. The zero-order valence-electron chi connectivity index (χ0n) is 10.2. The number of halogens is 2. The summed E-state index contributed by atoms with van der Waals surface area (Å²) in [6, 6.07) is 2.22. The molecule has 0 saturated heterocycles. The molecule has 0 aromatic heterocycles. The Kier molecular flexibility index (Phi) is 5.35. The Morgan fingerprint density at radius 2 is 1.94 bits per heavy atom. The number of benzene rings is 1. The van der Waals surface area contributed by atoms with E-state index < -0.39 is 17.7 Å². The van der Waals surface area contributed by atoms with Crippen molar-refractivity contribution in [1.29, 1.82) is 0 Å². The van der Waals surface area contributed by atoms with Crippen LogP contribution in [0.25, 0.3) is 0 Å². The number of ether oxygens (including phenoxy) is 1. The minimum Gasteiger partial charge on any atom is -0.488 e. The fourth-order valence-corrected chi connectivity index (χ4v) is 1.50. The van der Waals surface area contributed by atoms with Gasteiger partial charge in [0, 0.05) is 6.07 Å². The number of aliphatic hydroxyl groups excluding tert-OH is 1. The first-order chi connectivity index (χ1) is 8.08. The molecule has 0 bridgehead atoms. The van der Waals surface area contributed by atoms with E-state index >= 15 is 0 Å². The normalized spacial score (nSPS) is 12.5. The first-order valence-electron chi connectivity index (χ1n) is 5.83. The minimum absolute atomic E-state index is 0.161. The van der Waals surface area contributed by atoms with Crippen LogP contribution in [0.2, 0.25) is 0 Å². The molecule has 2 nitrogen and oxygen atoms in total. The largest absolute Gasteiger partial charge is 0.488 e. The lowest BCUT2D eigenvalue weighted by molar-refractivity contribution is 0.128. The summed E-state index contributed by atoms with van der Waals surface area (Å²) < 4.78 is 31.6. The van der Waals surface area contributed by atoms with Crippen LogP contribution >= 0.6 is 0 Å². The van der Waals surface area contributed by atoms with E-state index in [4.69, 9.17) is 9.84 Å². The summed E-state index contributed by atoms with van der Waals surface area (Å²) >= 11 is 0.